The Kier molecular flexibility index (Phi) is 5.09. The fourth-order valence-electron chi connectivity index (χ4n) is 4.60. The van der Waals surface area contributed by atoms with E-state index in [9.17, 15) is 14.9 Å². The van der Waals surface area contributed by atoms with Crippen LogP contribution in [0.1, 0.15) is 38.8 Å². The smallest absolute Gasteiger partial charge is 0.269 e. The summed E-state index contributed by atoms with van der Waals surface area (Å²) >= 11 is 0. The SMILES string of the molecule is COc1ccc2[nH]c3c(c2c1)CCN(C(=O)c1ccc(C)cc1)[C@H]3c1ccc([N+](=O)[O-])cc1. The Labute approximate surface area is 190 Å². The number of aromatic nitrogens is 1. The Morgan fingerprint density at radius 1 is 1.09 bits per heavy atom. The number of fused-ring (bicyclic) bond motifs is 3. The molecule has 0 radical (unpaired) electrons. The number of nitro benzene ring substituents is 1. The van der Waals surface area contributed by atoms with Crippen LogP contribution in [0.3, 0.4) is 0 Å². The molecule has 1 atom stereocenters. The first-order valence-corrected chi connectivity index (χ1v) is 10.8. The first-order valence-electron chi connectivity index (χ1n) is 10.8. The van der Waals surface area contributed by atoms with Gasteiger partial charge in [0.25, 0.3) is 11.6 Å². The van der Waals surface area contributed by atoms with Gasteiger partial charge in [0.2, 0.25) is 0 Å². The fourth-order valence-corrected chi connectivity index (χ4v) is 4.60. The molecular formula is C26H23N3O4. The Morgan fingerprint density at radius 2 is 1.82 bits per heavy atom. The van der Waals surface area contributed by atoms with Gasteiger partial charge in [-0.15, -0.1) is 0 Å². The number of carbonyl (C=O) groups is 1. The Balaban J connectivity index is 1.65. The number of H-pyrrole nitrogens is 1. The summed E-state index contributed by atoms with van der Waals surface area (Å²) in [6.45, 7) is 2.52. The number of nitrogens with one attached hydrogen (secondary N) is 1. The van der Waals surface area contributed by atoms with Crippen LogP contribution in [0.2, 0.25) is 0 Å². The van der Waals surface area contributed by atoms with Gasteiger partial charge in [-0.05, 0) is 66.9 Å². The molecule has 0 spiro atoms. The van der Waals surface area contributed by atoms with Crippen molar-refractivity contribution in [1.82, 2.24) is 9.88 Å². The zero-order valence-corrected chi connectivity index (χ0v) is 18.4. The number of rotatable bonds is 4. The number of non-ortho nitro benzene ring substituents is 1. The van der Waals surface area contributed by atoms with E-state index < -0.39 is 4.92 Å². The van der Waals surface area contributed by atoms with Gasteiger partial charge in [0.15, 0.2) is 0 Å². The van der Waals surface area contributed by atoms with Crippen molar-refractivity contribution >= 4 is 22.5 Å². The van der Waals surface area contributed by atoms with Gasteiger partial charge in [-0.25, -0.2) is 0 Å². The highest BCUT2D eigenvalue weighted by atomic mass is 16.6. The molecule has 3 aromatic carbocycles. The molecule has 7 nitrogen and oxygen atoms in total. The lowest BCUT2D eigenvalue weighted by atomic mass is 9.91. The molecule has 0 saturated carbocycles. The second-order valence-corrected chi connectivity index (χ2v) is 8.29. The van der Waals surface area contributed by atoms with E-state index in [-0.39, 0.29) is 17.6 Å². The summed E-state index contributed by atoms with van der Waals surface area (Å²) in [7, 11) is 1.64. The first kappa shape index (κ1) is 20.8. The number of nitro groups is 1. The third kappa shape index (κ3) is 3.61. The summed E-state index contributed by atoms with van der Waals surface area (Å²) in [5, 5.41) is 12.2. The second-order valence-electron chi connectivity index (χ2n) is 8.29. The fraction of sp³-hybridized carbons (Fsp3) is 0.192. The quantitative estimate of drug-likeness (QED) is 0.349. The van der Waals surface area contributed by atoms with Crippen molar-refractivity contribution in [3.8, 4) is 5.75 Å². The van der Waals surface area contributed by atoms with E-state index in [1.807, 2.05) is 54.3 Å². The number of hydrogen-bond acceptors (Lipinski definition) is 4. The molecule has 0 fully saturated rings. The number of aromatic amines is 1. The van der Waals surface area contributed by atoms with Gasteiger partial charge < -0.3 is 14.6 Å². The van der Waals surface area contributed by atoms with Crippen LogP contribution in [0.15, 0.2) is 66.7 Å². The highest BCUT2D eigenvalue weighted by Gasteiger charge is 2.35. The van der Waals surface area contributed by atoms with E-state index in [1.54, 1.807) is 19.2 Å². The molecule has 7 heteroatoms. The number of carbonyl (C=O) groups excluding carboxylic acids is 1. The van der Waals surface area contributed by atoms with E-state index in [0.717, 1.165) is 39.0 Å². The van der Waals surface area contributed by atoms with E-state index in [4.69, 9.17) is 4.74 Å². The number of amides is 1. The molecule has 0 aliphatic carbocycles. The lowest BCUT2D eigenvalue weighted by Gasteiger charge is -2.36. The summed E-state index contributed by atoms with van der Waals surface area (Å²) in [6.07, 6.45) is 0.698. The van der Waals surface area contributed by atoms with Crippen molar-refractivity contribution < 1.29 is 14.5 Å². The lowest BCUT2D eigenvalue weighted by Crippen LogP contribution is -2.40. The highest BCUT2D eigenvalue weighted by molar-refractivity contribution is 5.95. The van der Waals surface area contributed by atoms with Crippen LogP contribution in [0.25, 0.3) is 10.9 Å². The van der Waals surface area contributed by atoms with E-state index >= 15 is 0 Å². The van der Waals surface area contributed by atoms with Gasteiger partial charge in [0, 0.05) is 40.8 Å². The van der Waals surface area contributed by atoms with Crippen LogP contribution < -0.4 is 4.74 Å². The predicted octanol–water partition coefficient (Wildman–Crippen LogP) is 5.18. The molecule has 1 amide bonds. The average Bonchev–Trinajstić information content (AvgIpc) is 3.21. The van der Waals surface area contributed by atoms with Crippen molar-refractivity contribution in [2.45, 2.75) is 19.4 Å². The molecule has 2 heterocycles. The maximum Gasteiger partial charge on any atom is 0.269 e. The monoisotopic (exact) mass is 441 g/mol. The largest absolute Gasteiger partial charge is 0.497 e. The van der Waals surface area contributed by atoms with Gasteiger partial charge in [0.05, 0.1) is 18.1 Å². The molecule has 1 aromatic heterocycles. The summed E-state index contributed by atoms with van der Waals surface area (Å²) in [5.41, 5.74) is 5.59. The zero-order valence-electron chi connectivity index (χ0n) is 18.4. The minimum absolute atomic E-state index is 0.0209. The number of benzene rings is 3. The summed E-state index contributed by atoms with van der Waals surface area (Å²) in [4.78, 5) is 29.7. The van der Waals surface area contributed by atoms with Crippen LogP contribution in [-0.4, -0.2) is 34.4 Å². The maximum absolute atomic E-state index is 13.6. The zero-order chi connectivity index (χ0) is 23.1. The van der Waals surface area contributed by atoms with Gasteiger partial charge in [-0.1, -0.05) is 17.7 Å². The number of aryl methyl sites for hydroxylation is 1. The van der Waals surface area contributed by atoms with Gasteiger partial charge in [0.1, 0.15) is 5.75 Å². The highest BCUT2D eigenvalue weighted by Crippen LogP contribution is 2.40. The van der Waals surface area contributed by atoms with Crippen molar-refractivity contribution in [1.29, 1.82) is 0 Å². The van der Waals surface area contributed by atoms with Crippen molar-refractivity contribution in [2.24, 2.45) is 0 Å². The molecule has 33 heavy (non-hydrogen) atoms. The minimum Gasteiger partial charge on any atom is -0.497 e. The summed E-state index contributed by atoms with van der Waals surface area (Å²) in [5.74, 6) is 0.703. The van der Waals surface area contributed by atoms with Gasteiger partial charge >= 0.3 is 0 Å². The molecule has 1 N–H and O–H groups in total. The molecule has 4 aromatic rings. The molecule has 0 unspecified atom stereocenters. The van der Waals surface area contributed by atoms with Crippen LogP contribution in [-0.2, 0) is 6.42 Å². The second kappa shape index (κ2) is 8.09. The van der Waals surface area contributed by atoms with Crippen molar-refractivity contribution in [2.75, 3.05) is 13.7 Å². The summed E-state index contributed by atoms with van der Waals surface area (Å²) in [6, 6.07) is 19.5. The van der Waals surface area contributed by atoms with E-state index in [2.05, 4.69) is 4.98 Å². The minimum atomic E-state index is -0.416. The Bertz CT molecular complexity index is 1360. The van der Waals surface area contributed by atoms with Crippen molar-refractivity contribution in [3.63, 3.8) is 0 Å². The standard InChI is InChI=1S/C26H23N3O4/c1-16-3-5-18(6-4-16)26(30)28-14-13-21-22-15-20(33-2)11-12-23(22)27-24(21)25(28)17-7-9-19(10-8-17)29(31)32/h3-12,15,25,27H,13-14H2,1-2H3/t25-/m0/s1. The van der Waals surface area contributed by atoms with E-state index in [0.29, 0.717) is 18.5 Å². The first-order chi connectivity index (χ1) is 16.0. The maximum atomic E-state index is 13.6. The Morgan fingerprint density at radius 3 is 2.48 bits per heavy atom. The lowest BCUT2D eigenvalue weighted by molar-refractivity contribution is -0.384. The van der Waals surface area contributed by atoms with Crippen LogP contribution in [0.5, 0.6) is 5.75 Å². The summed E-state index contributed by atoms with van der Waals surface area (Å²) < 4.78 is 5.41. The number of methoxy groups -OCH3 is 1. The van der Waals surface area contributed by atoms with Crippen LogP contribution >= 0.6 is 0 Å². The number of hydrogen-bond donors (Lipinski definition) is 1. The van der Waals surface area contributed by atoms with Crippen molar-refractivity contribution in [3.05, 3.63) is 105 Å². The average molecular weight is 441 g/mol. The molecule has 0 bridgehead atoms. The third-order valence-electron chi connectivity index (χ3n) is 6.31. The number of nitrogens with zero attached hydrogens (tertiary/aromatic N) is 2. The normalized spacial score (nSPS) is 15.3. The molecule has 166 valence electrons. The van der Waals surface area contributed by atoms with Crippen LogP contribution in [0.4, 0.5) is 5.69 Å². The molecule has 0 saturated heterocycles. The van der Waals surface area contributed by atoms with Crippen LogP contribution in [0, 0.1) is 17.0 Å². The molecule has 1 aliphatic heterocycles. The molecular weight excluding hydrogens is 418 g/mol. The number of ether oxygens (including phenoxy) is 1. The Hall–Kier alpha value is -4.13. The molecule has 5 rings (SSSR count). The van der Waals surface area contributed by atoms with Gasteiger partial charge in [-0.2, -0.15) is 0 Å². The topological polar surface area (TPSA) is 88.5 Å². The van der Waals surface area contributed by atoms with E-state index in [1.165, 1.54) is 12.1 Å². The third-order valence-corrected chi connectivity index (χ3v) is 6.31. The van der Waals surface area contributed by atoms with Gasteiger partial charge in [-0.3, -0.25) is 14.9 Å². The predicted molar refractivity (Wildman–Crippen MR) is 126 cm³/mol. The molecule has 1 aliphatic rings.